The number of aliphatic carboxylic acids is 1. The molecule has 2 amide bonds. The fraction of sp³-hybridized carbons (Fsp3) is 0.333. The van der Waals surface area contributed by atoms with Crippen LogP contribution in [0.4, 0.5) is 5.69 Å². The highest BCUT2D eigenvalue weighted by Crippen LogP contribution is 2.40. The number of amides is 2. The summed E-state index contributed by atoms with van der Waals surface area (Å²) in [5.74, 6) is -4.17. The van der Waals surface area contributed by atoms with Gasteiger partial charge >= 0.3 is 11.9 Å². The fourth-order valence-corrected chi connectivity index (χ4v) is 5.61. The number of β-lactam (4-membered cyclic amide) rings is 1. The molecule has 16 heteroatoms. The van der Waals surface area contributed by atoms with Gasteiger partial charge < -0.3 is 15.2 Å². The van der Waals surface area contributed by atoms with Gasteiger partial charge in [-0.25, -0.2) is 4.79 Å². The second-order valence-electron chi connectivity index (χ2n) is 7.18. The van der Waals surface area contributed by atoms with Crippen LogP contribution in [0.5, 0.6) is 0 Å². The second-order valence-corrected chi connectivity index (χ2v) is 9.78. The number of fused-ring (bicyclic) bond motifs is 1. The highest BCUT2D eigenvalue weighted by molar-refractivity contribution is 8.00. The van der Waals surface area contributed by atoms with Gasteiger partial charge in [-0.15, -0.1) is 11.8 Å². The molecule has 1 unspecified atom stereocenters. The first-order valence-corrected chi connectivity index (χ1v) is 11.9. The van der Waals surface area contributed by atoms with E-state index in [0.717, 1.165) is 47.9 Å². The quantitative estimate of drug-likeness (QED) is 0.135. The summed E-state index contributed by atoms with van der Waals surface area (Å²) in [4.78, 5) is 59.1. The van der Waals surface area contributed by atoms with Crippen LogP contribution in [0.2, 0.25) is 0 Å². The van der Waals surface area contributed by atoms with Gasteiger partial charge in [0.15, 0.2) is 5.25 Å². The first-order chi connectivity index (χ1) is 15.8. The molecule has 14 nitrogen and oxygen atoms in total. The average Bonchev–Trinajstić information content (AvgIpc) is 2.74. The van der Waals surface area contributed by atoms with Gasteiger partial charge in [0.1, 0.15) is 23.7 Å². The molecule has 0 radical (unpaired) electrons. The lowest BCUT2D eigenvalue weighted by Crippen LogP contribution is -2.71. The van der Waals surface area contributed by atoms with Gasteiger partial charge in [-0.3, -0.25) is 34.0 Å². The Bertz CT molecular complexity index is 1210. The molecule has 0 spiro atoms. The van der Waals surface area contributed by atoms with Gasteiger partial charge in [0.05, 0.1) is 4.92 Å². The maximum absolute atomic E-state index is 12.7. The van der Waals surface area contributed by atoms with Crippen LogP contribution in [-0.2, 0) is 34.0 Å². The normalized spacial score (nSPS) is 20.6. The van der Waals surface area contributed by atoms with Gasteiger partial charge in [-0.2, -0.15) is 8.42 Å². The van der Waals surface area contributed by atoms with Crippen molar-refractivity contribution in [1.82, 2.24) is 10.2 Å². The predicted octanol–water partition coefficient (Wildman–Crippen LogP) is -0.175. The highest BCUT2D eigenvalue weighted by atomic mass is 32.2. The summed E-state index contributed by atoms with van der Waals surface area (Å²) >= 11 is 1.06. The molecular weight excluding hydrogens is 498 g/mol. The lowest BCUT2D eigenvalue weighted by Gasteiger charge is -2.49. The molecule has 1 aromatic carbocycles. The number of carboxylic acid groups (broad SMARTS) is 1. The number of nitrogens with zero attached hydrogens (tertiary/aromatic N) is 2. The minimum Gasteiger partial charge on any atom is -0.477 e. The molecule has 0 aliphatic carbocycles. The number of nitro groups is 1. The first-order valence-electron chi connectivity index (χ1n) is 9.37. The molecule has 1 fully saturated rings. The lowest BCUT2D eigenvalue weighted by molar-refractivity contribution is -0.384. The van der Waals surface area contributed by atoms with Crippen molar-refractivity contribution in [2.45, 2.75) is 23.6 Å². The third-order valence-corrected chi connectivity index (χ3v) is 7.36. The number of thioether (sulfide) groups is 1. The van der Waals surface area contributed by atoms with Crippen LogP contribution in [0.1, 0.15) is 17.7 Å². The molecular formula is C18H17N3O11S2. The number of esters is 1. The summed E-state index contributed by atoms with van der Waals surface area (Å²) < 4.78 is 38.2. The van der Waals surface area contributed by atoms with Crippen LogP contribution in [-0.4, -0.2) is 75.4 Å². The Morgan fingerprint density at radius 1 is 1.32 bits per heavy atom. The van der Waals surface area contributed by atoms with Crippen LogP contribution in [0, 0.1) is 10.1 Å². The van der Waals surface area contributed by atoms with Crippen LogP contribution >= 0.6 is 11.8 Å². The first kappa shape index (κ1) is 25.1. The van der Waals surface area contributed by atoms with E-state index >= 15 is 0 Å². The fourth-order valence-electron chi connectivity index (χ4n) is 3.44. The summed E-state index contributed by atoms with van der Waals surface area (Å²) in [6, 6.07) is 2.55. The standard InChI is InChI=1S/C18H17N3O11S2/c1-8(22)32-6-10-7-33-17-12(16(24)20(17)13(10)18(25)26)19-15(23)14(34(29,30)31)9-2-4-11(5-3-9)21(27)28/h2-5,12,14,17H,6-7H2,1H3,(H,19,23)(H,25,26)(H,29,30,31)/t12-,14?,17-/m1/s1. The monoisotopic (exact) mass is 515 g/mol. The van der Waals surface area contributed by atoms with Crippen LogP contribution in [0.3, 0.4) is 0 Å². The molecule has 0 saturated carbocycles. The van der Waals surface area contributed by atoms with E-state index in [-0.39, 0.29) is 29.2 Å². The van der Waals surface area contributed by atoms with E-state index in [9.17, 15) is 47.4 Å². The molecule has 1 saturated heterocycles. The number of ether oxygens (including phenoxy) is 1. The van der Waals surface area contributed by atoms with Crippen molar-refractivity contribution >= 4 is 51.3 Å². The van der Waals surface area contributed by atoms with Crippen molar-refractivity contribution in [1.29, 1.82) is 0 Å². The van der Waals surface area contributed by atoms with Crippen LogP contribution in [0.15, 0.2) is 35.5 Å². The van der Waals surface area contributed by atoms with Gasteiger partial charge in [-0.1, -0.05) is 12.1 Å². The zero-order valence-electron chi connectivity index (χ0n) is 17.2. The number of hydrogen-bond donors (Lipinski definition) is 3. The van der Waals surface area contributed by atoms with Crippen molar-refractivity contribution in [3.05, 3.63) is 51.2 Å². The Kier molecular flexibility index (Phi) is 6.94. The van der Waals surface area contributed by atoms with Gasteiger partial charge in [0.25, 0.3) is 21.7 Å². The lowest BCUT2D eigenvalue weighted by atomic mass is 10.0. The summed E-state index contributed by atoms with van der Waals surface area (Å²) in [5, 5.41) is 19.5. The molecule has 34 heavy (non-hydrogen) atoms. The molecule has 3 rings (SSSR count). The third-order valence-electron chi connectivity index (χ3n) is 4.94. The molecule has 2 aliphatic heterocycles. The van der Waals surface area contributed by atoms with Crippen molar-refractivity contribution in [3.8, 4) is 0 Å². The van der Waals surface area contributed by atoms with Crippen LogP contribution in [0.25, 0.3) is 0 Å². The summed E-state index contributed by atoms with van der Waals surface area (Å²) in [6.07, 6.45) is 0. The number of hydrogen-bond acceptors (Lipinski definition) is 10. The van der Waals surface area contributed by atoms with Crippen molar-refractivity contribution < 1.29 is 46.9 Å². The molecule has 2 aliphatic rings. The summed E-state index contributed by atoms with van der Waals surface area (Å²) in [5.41, 5.74) is -0.884. The van der Waals surface area contributed by atoms with Crippen LogP contribution < -0.4 is 5.32 Å². The highest BCUT2D eigenvalue weighted by Gasteiger charge is 2.55. The Hall–Kier alpha value is -3.50. The molecule has 2 heterocycles. The van der Waals surface area contributed by atoms with Crippen molar-refractivity contribution in [2.24, 2.45) is 0 Å². The smallest absolute Gasteiger partial charge is 0.352 e. The molecule has 182 valence electrons. The topological polar surface area (TPSA) is 211 Å². The number of rotatable bonds is 8. The number of carbonyl (C=O) groups is 4. The van der Waals surface area contributed by atoms with E-state index in [0.29, 0.717) is 0 Å². The van der Waals surface area contributed by atoms with E-state index in [4.69, 9.17) is 4.74 Å². The largest absolute Gasteiger partial charge is 0.477 e. The number of non-ortho nitro benzene ring substituents is 1. The number of carbonyl (C=O) groups excluding carboxylic acids is 3. The summed E-state index contributed by atoms with van der Waals surface area (Å²) in [6.45, 7) is 0.791. The molecule has 0 bridgehead atoms. The van der Waals surface area contributed by atoms with E-state index in [1.165, 1.54) is 0 Å². The van der Waals surface area contributed by atoms with E-state index in [1.54, 1.807) is 0 Å². The second kappa shape index (κ2) is 9.40. The molecule has 1 aromatic rings. The Labute approximate surface area is 195 Å². The number of nitro benzene ring substituents is 1. The zero-order valence-corrected chi connectivity index (χ0v) is 18.9. The Morgan fingerprint density at radius 3 is 2.44 bits per heavy atom. The number of nitrogens with one attached hydrogen (secondary N) is 1. The molecule has 3 atom stereocenters. The minimum absolute atomic E-state index is 0.0554. The SMILES string of the molecule is CC(=O)OCC1=C(C(=O)O)N2C(=O)[C@@H](NC(=O)C(c3ccc([N+](=O)[O-])cc3)S(=O)(=O)O)[C@H]2SC1. The van der Waals surface area contributed by atoms with E-state index < -0.39 is 61.2 Å². The maximum atomic E-state index is 12.7. The van der Waals surface area contributed by atoms with Gasteiger partial charge in [-0.05, 0) is 5.56 Å². The molecule has 3 N–H and O–H groups in total. The Morgan fingerprint density at radius 2 is 1.94 bits per heavy atom. The Balaban J connectivity index is 1.82. The van der Waals surface area contributed by atoms with Crippen molar-refractivity contribution in [3.63, 3.8) is 0 Å². The summed E-state index contributed by atoms with van der Waals surface area (Å²) in [7, 11) is -5.04. The maximum Gasteiger partial charge on any atom is 0.352 e. The van der Waals surface area contributed by atoms with E-state index in [2.05, 4.69) is 5.32 Å². The van der Waals surface area contributed by atoms with Gasteiger partial charge in [0.2, 0.25) is 5.91 Å². The zero-order chi connectivity index (χ0) is 25.4. The van der Waals surface area contributed by atoms with Gasteiger partial charge in [0, 0.05) is 30.4 Å². The average molecular weight is 515 g/mol. The number of carboxylic acids is 1. The number of benzene rings is 1. The predicted molar refractivity (Wildman–Crippen MR) is 114 cm³/mol. The minimum atomic E-state index is -5.04. The molecule has 0 aromatic heterocycles. The van der Waals surface area contributed by atoms with E-state index in [1.807, 2.05) is 0 Å². The third kappa shape index (κ3) is 4.87. The van der Waals surface area contributed by atoms with Crippen molar-refractivity contribution in [2.75, 3.05) is 12.4 Å².